The SMILES string of the molecule is CCc1ccccc1Nc1cc(N)nc(C2CC2)n1. The van der Waals surface area contributed by atoms with Crippen LogP contribution < -0.4 is 11.1 Å². The standard InChI is InChI=1S/C15H18N4/c1-2-10-5-3-4-6-12(10)17-14-9-13(16)18-15(19-14)11-7-8-11/h3-6,9,11H,2,7-8H2,1H3,(H3,16,17,18,19). The molecular formula is C15H18N4. The summed E-state index contributed by atoms with van der Waals surface area (Å²) in [5.41, 5.74) is 8.22. The van der Waals surface area contributed by atoms with Gasteiger partial charge in [-0.05, 0) is 30.9 Å². The fraction of sp³-hybridized carbons (Fsp3) is 0.333. The zero-order valence-electron chi connectivity index (χ0n) is 11.1. The molecule has 4 heteroatoms. The summed E-state index contributed by atoms with van der Waals surface area (Å²) in [6, 6.07) is 10.0. The topological polar surface area (TPSA) is 63.8 Å². The van der Waals surface area contributed by atoms with Crippen LogP contribution in [0.3, 0.4) is 0 Å². The zero-order valence-corrected chi connectivity index (χ0v) is 11.1. The molecule has 1 fully saturated rings. The van der Waals surface area contributed by atoms with E-state index in [2.05, 4.69) is 34.3 Å². The van der Waals surface area contributed by atoms with E-state index in [1.165, 1.54) is 18.4 Å². The normalized spacial score (nSPS) is 14.4. The van der Waals surface area contributed by atoms with Crippen molar-refractivity contribution >= 4 is 17.3 Å². The van der Waals surface area contributed by atoms with Gasteiger partial charge in [0.2, 0.25) is 0 Å². The lowest BCUT2D eigenvalue weighted by Gasteiger charge is -2.11. The first kappa shape index (κ1) is 12.0. The van der Waals surface area contributed by atoms with E-state index in [1.54, 1.807) is 6.07 Å². The Kier molecular flexibility index (Phi) is 3.07. The molecular weight excluding hydrogens is 236 g/mol. The number of nitrogens with two attached hydrogens (primary N) is 1. The van der Waals surface area contributed by atoms with Crippen LogP contribution >= 0.6 is 0 Å². The minimum Gasteiger partial charge on any atom is -0.384 e. The number of nitrogens with zero attached hydrogens (tertiary/aromatic N) is 2. The number of para-hydroxylation sites is 1. The van der Waals surface area contributed by atoms with Gasteiger partial charge in [0.15, 0.2) is 0 Å². The molecule has 2 aromatic rings. The highest BCUT2D eigenvalue weighted by Crippen LogP contribution is 2.38. The maximum absolute atomic E-state index is 5.86. The molecule has 1 saturated carbocycles. The second-order valence-electron chi connectivity index (χ2n) is 4.95. The Labute approximate surface area is 113 Å². The molecule has 0 bridgehead atoms. The Balaban J connectivity index is 1.90. The highest BCUT2D eigenvalue weighted by Gasteiger charge is 2.27. The van der Waals surface area contributed by atoms with Crippen LogP contribution in [-0.2, 0) is 6.42 Å². The van der Waals surface area contributed by atoms with Crippen molar-refractivity contribution in [3.05, 3.63) is 41.7 Å². The molecule has 3 rings (SSSR count). The average Bonchev–Trinajstić information content (AvgIpc) is 3.23. The van der Waals surface area contributed by atoms with Crippen LogP contribution in [0.25, 0.3) is 0 Å². The lowest BCUT2D eigenvalue weighted by atomic mass is 10.1. The van der Waals surface area contributed by atoms with Crippen LogP contribution in [0.1, 0.15) is 37.1 Å². The maximum Gasteiger partial charge on any atom is 0.136 e. The molecule has 0 unspecified atom stereocenters. The molecule has 0 aliphatic heterocycles. The van der Waals surface area contributed by atoms with Crippen LogP contribution in [-0.4, -0.2) is 9.97 Å². The van der Waals surface area contributed by atoms with Gasteiger partial charge < -0.3 is 11.1 Å². The van der Waals surface area contributed by atoms with Gasteiger partial charge >= 0.3 is 0 Å². The zero-order chi connectivity index (χ0) is 13.2. The first-order valence-electron chi connectivity index (χ1n) is 6.75. The molecule has 1 aliphatic carbocycles. The number of nitrogens with one attached hydrogen (secondary N) is 1. The van der Waals surface area contributed by atoms with Crippen LogP contribution in [0.15, 0.2) is 30.3 Å². The van der Waals surface area contributed by atoms with E-state index in [4.69, 9.17) is 5.73 Å². The summed E-state index contributed by atoms with van der Waals surface area (Å²) in [5.74, 6) is 2.70. The number of rotatable bonds is 4. The van der Waals surface area contributed by atoms with Crippen LogP contribution in [0.2, 0.25) is 0 Å². The van der Waals surface area contributed by atoms with E-state index in [9.17, 15) is 0 Å². The molecule has 0 spiro atoms. The minimum absolute atomic E-state index is 0.505. The lowest BCUT2D eigenvalue weighted by Crippen LogP contribution is -2.03. The van der Waals surface area contributed by atoms with Gasteiger partial charge in [-0.2, -0.15) is 0 Å². The van der Waals surface area contributed by atoms with Gasteiger partial charge in [-0.1, -0.05) is 25.1 Å². The van der Waals surface area contributed by atoms with E-state index in [1.807, 2.05) is 12.1 Å². The lowest BCUT2D eigenvalue weighted by molar-refractivity contribution is 0.935. The van der Waals surface area contributed by atoms with E-state index in [-0.39, 0.29) is 0 Å². The van der Waals surface area contributed by atoms with Crippen molar-refractivity contribution in [2.75, 3.05) is 11.1 Å². The second kappa shape index (κ2) is 4.88. The molecule has 3 N–H and O–H groups in total. The molecule has 0 radical (unpaired) electrons. The molecule has 0 atom stereocenters. The summed E-state index contributed by atoms with van der Waals surface area (Å²) < 4.78 is 0. The number of hydrogen-bond acceptors (Lipinski definition) is 4. The molecule has 1 aromatic carbocycles. The summed E-state index contributed by atoms with van der Waals surface area (Å²) in [6.07, 6.45) is 3.34. The van der Waals surface area contributed by atoms with Crippen molar-refractivity contribution in [1.82, 2.24) is 9.97 Å². The predicted molar refractivity (Wildman–Crippen MR) is 77.5 cm³/mol. The van der Waals surface area contributed by atoms with Crippen LogP contribution in [0.5, 0.6) is 0 Å². The van der Waals surface area contributed by atoms with Crippen molar-refractivity contribution in [2.45, 2.75) is 32.1 Å². The van der Waals surface area contributed by atoms with Gasteiger partial charge in [-0.15, -0.1) is 0 Å². The van der Waals surface area contributed by atoms with Gasteiger partial charge in [0, 0.05) is 17.7 Å². The Morgan fingerprint density at radius 2 is 2.05 bits per heavy atom. The van der Waals surface area contributed by atoms with E-state index >= 15 is 0 Å². The minimum atomic E-state index is 0.505. The highest BCUT2D eigenvalue weighted by molar-refractivity contribution is 5.62. The number of aryl methyl sites for hydroxylation is 1. The van der Waals surface area contributed by atoms with Crippen molar-refractivity contribution in [1.29, 1.82) is 0 Å². The van der Waals surface area contributed by atoms with Gasteiger partial charge in [0.05, 0.1) is 0 Å². The van der Waals surface area contributed by atoms with Crippen molar-refractivity contribution < 1.29 is 0 Å². The Hall–Kier alpha value is -2.10. The second-order valence-corrected chi connectivity index (χ2v) is 4.95. The first-order chi connectivity index (χ1) is 9.26. The molecule has 0 amide bonds. The summed E-state index contributed by atoms with van der Waals surface area (Å²) >= 11 is 0. The van der Waals surface area contributed by atoms with Gasteiger partial charge in [0.25, 0.3) is 0 Å². The van der Waals surface area contributed by atoms with E-state index < -0.39 is 0 Å². The Morgan fingerprint density at radius 3 is 2.79 bits per heavy atom. The predicted octanol–water partition coefficient (Wildman–Crippen LogP) is 3.24. The summed E-state index contributed by atoms with van der Waals surface area (Å²) in [6.45, 7) is 2.14. The van der Waals surface area contributed by atoms with Gasteiger partial charge in [0.1, 0.15) is 17.5 Å². The molecule has 0 saturated heterocycles. The van der Waals surface area contributed by atoms with Crippen molar-refractivity contribution in [2.24, 2.45) is 0 Å². The third-order valence-corrected chi connectivity index (χ3v) is 3.37. The van der Waals surface area contributed by atoms with Crippen LogP contribution in [0.4, 0.5) is 17.3 Å². The number of hydrogen-bond donors (Lipinski definition) is 2. The Bertz CT molecular complexity index is 590. The summed E-state index contributed by atoms with van der Waals surface area (Å²) in [4.78, 5) is 8.87. The molecule has 19 heavy (non-hydrogen) atoms. The molecule has 4 nitrogen and oxygen atoms in total. The van der Waals surface area contributed by atoms with Crippen molar-refractivity contribution in [3.8, 4) is 0 Å². The number of benzene rings is 1. The van der Waals surface area contributed by atoms with E-state index in [0.717, 1.165) is 23.8 Å². The highest BCUT2D eigenvalue weighted by atomic mass is 15.1. The maximum atomic E-state index is 5.86. The smallest absolute Gasteiger partial charge is 0.136 e. The number of anilines is 3. The molecule has 98 valence electrons. The largest absolute Gasteiger partial charge is 0.384 e. The monoisotopic (exact) mass is 254 g/mol. The van der Waals surface area contributed by atoms with Gasteiger partial charge in [-0.3, -0.25) is 0 Å². The van der Waals surface area contributed by atoms with E-state index in [0.29, 0.717) is 11.7 Å². The fourth-order valence-electron chi connectivity index (χ4n) is 2.16. The van der Waals surface area contributed by atoms with Crippen molar-refractivity contribution in [3.63, 3.8) is 0 Å². The average molecular weight is 254 g/mol. The summed E-state index contributed by atoms with van der Waals surface area (Å²) in [5, 5.41) is 3.36. The van der Waals surface area contributed by atoms with Crippen LogP contribution in [0, 0.1) is 0 Å². The summed E-state index contributed by atoms with van der Waals surface area (Å²) in [7, 11) is 0. The van der Waals surface area contributed by atoms with Gasteiger partial charge in [-0.25, -0.2) is 9.97 Å². The number of aromatic nitrogens is 2. The quantitative estimate of drug-likeness (QED) is 0.879. The molecule has 1 aliphatic rings. The first-order valence-corrected chi connectivity index (χ1v) is 6.75. The molecule has 1 aromatic heterocycles. The third kappa shape index (κ3) is 2.67. The Morgan fingerprint density at radius 1 is 1.26 bits per heavy atom. The fourth-order valence-corrected chi connectivity index (χ4v) is 2.16. The number of nitrogen functional groups attached to an aromatic ring is 1. The third-order valence-electron chi connectivity index (χ3n) is 3.37. The molecule has 1 heterocycles.